The molecule has 0 atom stereocenters. The van der Waals surface area contributed by atoms with Gasteiger partial charge in [-0.1, -0.05) is 17.7 Å². The molecule has 0 aliphatic heterocycles. The average molecular weight is 268 g/mol. The molecule has 0 bridgehead atoms. The standard InChI is InChI=1S/C14H12ClF2N/c1-9-6-11(15)3-2-10(9)8-18-14-5-4-12(16)7-13(14)17/h2-7,18H,8H2,1H3. The van der Waals surface area contributed by atoms with Crippen LogP contribution in [0.2, 0.25) is 5.02 Å². The monoisotopic (exact) mass is 267 g/mol. The van der Waals surface area contributed by atoms with Gasteiger partial charge in [0.2, 0.25) is 0 Å². The van der Waals surface area contributed by atoms with Gasteiger partial charge in [-0.3, -0.25) is 0 Å². The van der Waals surface area contributed by atoms with Crippen molar-refractivity contribution in [3.8, 4) is 0 Å². The van der Waals surface area contributed by atoms with Crippen molar-refractivity contribution in [3.63, 3.8) is 0 Å². The van der Waals surface area contributed by atoms with E-state index in [1.54, 1.807) is 6.07 Å². The van der Waals surface area contributed by atoms with Crippen molar-refractivity contribution in [2.45, 2.75) is 13.5 Å². The fourth-order valence-electron chi connectivity index (χ4n) is 1.68. The van der Waals surface area contributed by atoms with Crippen molar-refractivity contribution >= 4 is 17.3 Å². The molecule has 94 valence electrons. The first-order valence-corrected chi connectivity index (χ1v) is 5.88. The van der Waals surface area contributed by atoms with Crippen LogP contribution in [0.3, 0.4) is 0 Å². The van der Waals surface area contributed by atoms with Crippen molar-refractivity contribution in [2.75, 3.05) is 5.32 Å². The third-order valence-corrected chi connectivity index (χ3v) is 2.94. The Kier molecular flexibility index (Phi) is 3.82. The summed E-state index contributed by atoms with van der Waals surface area (Å²) in [5.41, 5.74) is 2.33. The molecular weight excluding hydrogens is 256 g/mol. The quantitative estimate of drug-likeness (QED) is 0.861. The van der Waals surface area contributed by atoms with Crippen molar-refractivity contribution < 1.29 is 8.78 Å². The fourth-order valence-corrected chi connectivity index (χ4v) is 1.91. The first-order valence-electron chi connectivity index (χ1n) is 5.50. The molecule has 0 amide bonds. The highest BCUT2D eigenvalue weighted by molar-refractivity contribution is 6.30. The van der Waals surface area contributed by atoms with Crippen LogP contribution in [0.15, 0.2) is 36.4 Å². The molecule has 2 aromatic carbocycles. The van der Waals surface area contributed by atoms with Crippen LogP contribution in [0.1, 0.15) is 11.1 Å². The van der Waals surface area contributed by atoms with E-state index in [1.807, 2.05) is 19.1 Å². The number of nitrogens with one attached hydrogen (secondary N) is 1. The van der Waals surface area contributed by atoms with Gasteiger partial charge in [0.15, 0.2) is 0 Å². The molecular formula is C14H12ClF2N. The highest BCUT2D eigenvalue weighted by atomic mass is 35.5. The fraction of sp³-hybridized carbons (Fsp3) is 0.143. The maximum Gasteiger partial charge on any atom is 0.149 e. The molecule has 0 aliphatic rings. The Morgan fingerprint density at radius 3 is 2.56 bits per heavy atom. The molecule has 0 radical (unpaired) electrons. The van der Waals surface area contributed by atoms with Crippen molar-refractivity contribution in [1.82, 2.24) is 0 Å². The Morgan fingerprint density at radius 2 is 1.89 bits per heavy atom. The van der Waals surface area contributed by atoms with Gasteiger partial charge in [-0.15, -0.1) is 0 Å². The van der Waals surface area contributed by atoms with E-state index in [9.17, 15) is 8.78 Å². The highest BCUT2D eigenvalue weighted by Gasteiger charge is 2.04. The minimum Gasteiger partial charge on any atom is -0.379 e. The number of halogens is 3. The van der Waals surface area contributed by atoms with E-state index in [4.69, 9.17) is 11.6 Å². The van der Waals surface area contributed by atoms with Gasteiger partial charge in [-0.2, -0.15) is 0 Å². The van der Waals surface area contributed by atoms with E-state index in [0.29, 0.717) is 11.6 Å². The Hall–Kier alpha value is -1.61. The number of benzene rings is 2. The van der Waals surface area contributed by atoms with Gasteiger partial charge in [0.25, 0.3) is 0 Å². The van der Waals surface area contributed by atoms with E-state index < -0.39 is 11.6 Å². The Balaban J connectivity index is 2.11. The lowest BCUT2D eigenvalue weighted by molar-refractivity contribution is 0.585. The van der Waals surface area contributed by atoms with E-state index in [0.717, 1.165) is 17.2 Å². The van der Waals surface area contributed by atoms with Gasteiger partial charge in [0.05, 0.1) is 5.69 Å². The second kappa shape index (κ2) is 5.36. The third-order valence-electron chi connectivity index (χ3n) is 2.71. The van der Waals surface area contributed by atoms with Gasteiger partial charge < -0.3 is 5.32 Å². The van der Waals surface area contributed by atoms with E-state index in [2.05, 4.69) is 5.32 Å². The van der Waals surface area contributed by atoms with Crippen LogP contribution in [-0.4, -0.2) is 0 Å². The van der Waals surface area contributed by atoms with Gasteiger partial charge >= 0.3 is 0 Å². The predicted octanol–water partition coefficient (Wildman–Crippen LogP) is 4.54. The number of anilines is 1. The predicted molar refractivity (Wildman–Crippen MR) is 69.9 cm³/mol. The Morgan fingerprint density at radius 1 is 1.11 bits per heavy atom. The molecule has 0 saturated carbocycles. The van der Waals surface area contributed by atoms with Crippen molar-refractivity contribution in [1.29, 1.82) is 0 Å². The van der Waals surface area contributed by atoms with Crippen molar-refractivity contribution in [2.24, 2.45) is 0 Å². The average Bonchev–Trinajstić information content (AvgIpc) is 2.30. The van der Waals surface area contributed by atoms with E-state index in [1.165, 1.54) is 12.1 Å². The number of hydrogen-bond donors (Lipinski definition) is 1. The summed E-state index contributed by atoms with van der Waals surface area (Å²) in [6, 6.07) is 8.98. The van der Waals surface area contributed by atoms with Crippen molar-refractivity contribution in [3.05, 3.63) is 64.2 Å². The van der Waals surface area contributed by atoms with Gasteiger partial charge in [0.1, 0.15) is 11.6 Å². The summed E-state index contributed by atoms with van der Waals surface area (Å²) in [7, 11) is 0. The topological polar surface area (TPSA) is 12.0 Å². The summed E-state index contributed by atoms with van der Waals surface area (Å²) in [4.78, 5) is 0. The summed E-state index contributed by atoms with van der Waals surface area (Å²) in [6.07, 6.45) is 0. The lowest BCUT2D eigenvalue weighted by Gasteiger charge is -2.10. The first-order chi connectivity index (χ1) is 8.56. The summed E-state index contributed by atoms with van der Waals surface area (Å²) in [6.45, 7) is 2.40. The van der Waals surface area contributed by atoms with Crippen LogP contribution in [-0.2, 0) is 6.54 Å². The van der Waals surface area contributed by atoms with Crippen LogP contribution in [0.25, 0.3) is 0 Å². The Labute approximate surface area is 109 Å². The van der Waals surface area contributed by atoms with E-state index in [-0.39, 0.29) is 5.69 Å². The molecule has 0 spiro atoms. The highest BCUT2D eigenvalue weighted by Crippen LogP contribution is 2.19. The van der Waals surface area contributed by atoms with Crippen LogP contribution >= 0.6 is 11.6 Å². The third kappa shape index (κ3) is 2.99. The zero-order chi connectivity index (χ0) is 13.1. The molecule has 0 aromatic heterocycles. The van der Waals surface area contributed by atoms with Gasteiger partial charge in [-0.05, 0) is 42.3 Å². The largest absolute Gasteiger partial charge is 0.379 e. The summed E-state index contributed by atoms with van der Waals surface area (Å²) >= 11 is 5.85. The molecule has 2 aromatic rings. The zero-order valence-corrected chi connectivity index (χ0v) is 10.6. The molecule has 0 aliphatic carbocycles. The SMILES string of the molecule is Cc1cc(Cl)ccc1CNc1ccc(F)cc1F. The molecule has 0 saturated heterocycles. The molecule has 0 fully saturated rings. The second-order valence-electron chi connectivity index (χ2n) is 4.05. The minimum atomic E-state index is -0.596. The molecule has 1 N–H and O–H groups in total. The number of aryl methyl sites for hydroxylation is 1. The molecule has 0 heterocycles. The molecule has 18 heavy (non-hydrogen) atoms. The van der Waals surface area contributed by atoms with E-state index >= 15 is 0 Å². The maximum atomic E-state index is 13.4. The van der Waals surface area contributed by atoms with Crippen LogP contribution in [0, 0.1) is 18.6 Å². The maximum absolute atomic E-state index is 13.4. The van der Waals surface area contributed by atoms with Crippen LogP contribution in [0.5, 0.6) is 0 Å². The van der Waals surface area contributed by atoms with Crippen LogP contribution < -0.4 is 5.32 Å². The smallest absolute Gasteiger partial charge is 0.149 e. The molecule has 1 nitrogen and oxygen atoms in total. The van der Waals surface area contributed by atoms with Crippen LogP contribution in [0.4, 0.5) is 14.5 Å². The second-order valence-corrected chi connectivity index (χ2v) is 4.48. The van der Waals surface area contributed by atoms with Gasteiger partial charge in [0, 0.05) is 17.6 Å². The Bertz CT molecular complexity index is 518. The zero-order valence-electron chi connectivity index (χ0n) is 9.81. The molecule has 0 unspecified atom stereocenters. The molecule has 2 rings (SSSR count). The lowest BCUT2D eigenvalue weighted by atomic mass is 10.1. The number of rotatable bonds is 3. The molecule has 4 heteroatoms. The summed E-state index contributed by atoms with van der Waals surface area (Å²) in [5, 5.41) is 3.60. The lowest BCUT2D eigenvalue weighted by Crippen LogP contribution is -2.03. The minimum absolute atomic E-state index is 0.283. The first kappa shape index (κ1) is 12.8. The summed E-state index contributed by atoms with van der Waals surface area (Å²) < 4.78 is 26.1. The number of hydrogen-bond acceptors (Lipinski definition) is 1. The van der Waals surface area contributed by atoms with Gasteiger partial charge in [-0.25, -0.2) is 8.78 Å². The summed E-state index contributed by atoms with van der Waals surface area (Å²) in [5.74, 6) is -1.18. The normalized spacial score (nSPS) is 10.4.